The molecule has 96 valence electrons. The van der Waals surface area contributed by atoms with Crippen molar-refractivity contribution in [2.24, 2.45) is 0 Å². The lowest BCUT2D eigenvalue weighted by Gasteiger charge is -2.27. The van der Waals surface area contributed by atoms with E-state index in [4.69, 9.17) is 0 Å². The number of benzene rings is 1. The second kappa shape index (κ2) is 5.08. The Bertz CT molecular complexity index is 478. The zero-order valence-corrected chi connectivity index (χ0v) is 11.8. The lowest BCUT2D eigenvalue weighted by Crippen LogP contribution is -2.30. The van der Waals surface area contributed by atoms with Gasteiger partial charge in [-0.3, -0.25) is 0 Å². The SMILES string of the molecule is CCC(C)(C)Nc1ccccc1S(=O)(=O)CC. The van der Waals surface area contributed by atoms with Crippen molar-refractivity contribution in [2.75, 3.05) is 11.1 Å². The molecule has 0 aliphatic carbocycles. The molecule has 0 saturated carbocycles. The first-order valence-electron chi connectivity index (χ1n) is 5.92. The largest absolute Gasteiger partial charge is 0.379 e. The van der Waals surface area contributed by atoms with Crippen LogP contribution < -0.4 is 5.32 Å². The maximum atomic E-state index is 12.0. The lowest BCUT2D eigenvalue weighted by atomic mass is 10.0. The lowest BCUT2D eigenvalue weighted by molar-refractivity contribution is 0.545. The summed E-state index contributed by atoms with van der Waals surface area (Å²) in [7, 11) is -3.17. The predicted octanol–water partition coefficient (Wildman–Crippen LogP) is 3.08. The van der Waals surface area contributed by atoms with Gasteiger partial charge in [-0.2, -0.15) is 0 Å². The van der Waals surface area contributed by atoms with E-state index >= 15 is 0 Å². The molecule has 0 unspecified atom stereocenters. The summed E-state index contributed by atoms with van der Waals surface area (Å²) in [6.07, 6.45) is 0.924. The monoisotopic (exact) mass is 255 g/mol. The van der Waals surface area contributed by atoms with Crippen LogP contribution in [0.5, 0.6) is 0 Å². The van der Waals surface area contributed by atoms with Crippen LogP contribution in [0.15, 0.2) is 29.2 Å². The smallest absolute Gasteiger partial charge is 0.180 e. The van der Waals surface area contributed by atoms with E-state index in [1.54, 1.807) is 19.1 Å². The van der Waals surface area contributed by atoms with Gasteiger partial charge in [0.05, 0.1) is 16.3 Å². The van der Waals surface area contributed by atoms with Gasteiger partial charge in [-0.1, -0.05) is 26.0 Å². The predicted molar refractivity (Wildman–Crippen MR) is 72.2 cm³/mol. The van der Waals surface area contributed by atoms with E-state index in [-0.39, 0.29) is 11.3 Å². The van der Waals surface area contributed by atoms with Crippen LogP contribution >= 0.6 is 0 Å². The van der Waals surface area contributed by atoms with Crippen molar-refractivity contribution in [1.29, 1.82) is 0 Å². The second-order valence-electron chi connectivity index (χ2n) is 4.76. The topological polar surface area (TPSA) is 46.2 Å². The Morgan fingerprint density at radius 2 is 1.76 bits per heavy atom. The summed E-state index contributed by atoms with van der Waals surface area (Å²) in [5.41, 5.74) is 0.584. The third-order valence-electron chi connectivity index (χ3n) is 2.96. The molecule has 0 bridgehead atoms. The van der Waals surface area contributed by atoms with Crippen LogP contribution in [0.3, 0.4) is 0 Å². The number of hydrogen-bond acceptors (Lipinski definition) is 3. The fourth-order valence-corrected chi connectivity index (χ4v) is 2.50. The van der Waals surface area contributed by atoms with Gasteiger partial charge in [-0.15, -0.1) is 0 Å². The molecule has 0 fully saturated rings. The van der Waals surface area contributed by atoms with Crippen molar-refractivity contribution in [2.45, 2.75) is 44.6 Å². The molecule has 0 aromatic heterocycles. The number of nitrogens with one attached hydrogen (secondary N) is 1. The maximum absolute atomic E-state index is 12.0. The van der Waals surface area contributed by atoms with Crippen LogP contribution in [0.1, 0.15) is 34.1 Å². The van der Waals surface area contributed by atoms with Crippen LogP contribution in [0.25, 0.3) is 0 Å². The summed E-state index contributed by atoms with van der Waals surface area (Å²) >= 11 is 0. The second-order valence-corrected chi connectivity index (χ2v) is 7.01. The van der Waals surface area contributed by atoms with E-state index in [0.29, 0.717) is 10.6 Å². The molecule has 1 rings (SSSR count). The van der Waals surface area contributed by atoms with Crippen molar-refractivity contribution in [3.8, 4) is 0 Å². The minimum atomic E-state index is -3.17. The van der Waals surface area contributed by atoms with Crippen LogP contribution in [0.2, 0.25) is 0 Å². The van der Waals surface area contributed by atoms with E-state index in [9.17, 15) is 8.42 Å². The molecule has 0 heterocycles. The number of sulfone groups is 1. The van der Waals surface area contributed by atoms with Crippen molar-refractivity contribution < 1.29 is 8.42 Å². The van der Waals surface area contributed by atoms with Crippen molar-refractivity contribution >= 4 is 15.5 Å². The molecule has 0 aliphatic heterocycles. The highest BCUT2D eigenvalue weighted by molar-refractivity contribution is 7.91. The molecule has 1 aromatic rings. The number of para-hydroxylation sites is 1. The van der Waals surface area contributed by atoms with Crippen molar-refractivity contribution in [3.05, 3.63) is 24.3 Å². The van der Waals surface area contributed by atoms with E-state index in [1.165, 1.54) is 0 Å². The number of anilines is 1. The Hall–Kier alpha value is -1.03. The van der Waals surface area contributed by atoms with Gasteiger partial charge in [0.15, 0.2) is 9.84 Å². The summed E-state index contributed by atoms with van der Waals surface area (Å²) in [5, 5.41) is 3.30. The molecule has 17 heavy (non-hydrogen) atoms. The van der Waals surface area contributed by atoms with Crippen LogP contribution in [0, 0.1) is 0 Å². The first-order valence-corrected chi connectivity index (χ1v) is 7.57. The van der Waals surface area contributed by atoms with Gasteiger partial charge >= 0.3 is 0 Å². The normalized spacial score (nSPS) is 12.5. The molecular formula is C13H21NO2S. The zero-order valence-electron chi connectivity index (χ0n) is 10.9. The standard InChI is InChI=1S/C13H21NO2S/c1-5-13(3,4)14-11-9-7-8-10-12(11)17(15,16)6-2/h7-10,14H,5-6H2,1-4H3. The van der Waals surface area contributed by atoms with Crippen LogP contribution in [-0.2, 0) is 9.84 Å². The van der Waals surface area contributed by atoms with Gasteiger partial charge in [-0.05, 0) is 32.4 Å². The molecule has 0 amide bonds. The minimum absolute atomic E-state index is 0.112. The first kappa shape index (κ1) is 14.0. The highest BCUT2D eigenvalue weighted by atomic mass is 32.2. The molecule has 1 N–H and O–H groups in total. The molecular weight excluding hydrogens is 234 g/mol. The van der Waals surface area contributed by atoms with Gasteiger partial charge < -0.3 is 5.32 Å². The van der Waals surface area contributed by atoms with E-state index in [1.807, 2.05) is 12.1 Å². The Morgan fingerprint density at radius 1 is 1.18 bits per heavy atom. The third-order valence-corrected chi connectivity index (χ3v) is 4.75. The molecule has 3 nitrogen and oxygen atoms in total. The summed E-state index contributed by atoms with van der Waals surface area (Å²) in [6, 6.07) is 7.09. The number of hydrogen-bond donors (Lipinski definition) is 1. The molecule has 0 saturated heterocycles. The first-order chi connectivity index (χ1) is 7.82. The minimum Gasteiger partial charge on any atom is -0.379 e. The molecule has 0 atom stereocenters. The van der Waals surface area contributed by atoms with Crippen LogP contribution in [-0.4, -0.2) is 19.7 Å². The fraction of sp³-hybridized carbons (Fsp3) is 0.538. The quantitative estimate of drug-likeness (QED) is 0.879. The summed E-state index contributed by atoms with van der Waals surface area (Å²) in [4.78, 5) is 0.393. The maximum Gasteiger partial charge on any atom is 0.180 e. The van der Waals surface area contributed by atoms with Gasteiger partial charge in [-0.25, -0.2) is 8.42 Å². The van der Waals surface area contributed by atoms with Gasteiger partial charge in [0, 0.05) is 5.54 Å². The molecule has 4 heteroatoms. The van der Waals surface area contributed by atoms with E-state index in [2.05, 4.69) is 26.1 Å². The number of rotatable bonds is 5. The van der Waals surface area contributed by atoms with Gasteiger partial charge in [0.25, 0.3) is 0 Å². The summed E-state index contributed by atoms with van der Waals surface area (Å²) in [6.45, 7) is 7.85. The van der Waals surface area contributed by atoms with Gasteiger partial charge in [0.2, 0.25) is 0 Å². The Morgan fingerprint density at radius 3 is 2.29 bits per heavy atom. The molecule has 1 aromatic carbocycles. The highest BCUT2D eigenvalue weighted by Crippen LogP contribution is 2.26. The fourth-order valence-electron chi connectivity index (χ4n) is 1.45. The van der Waals surface area contributed by atoms with E-state index < -0.39 is 9.84 Å². The summed E-state index contributed by atoms with van der Waals surface area (Å²) in [5.74, 6) is 0.123. The summed E-state index contributed by atoms with van der Waals surface area (Å²) < 4.78 is 23.9. The Labute approximate surface area is 104 Å². The zero-order chi connectivity index (χ0) is 13.1. The highest BCUT2D eigenvalue weighted by Gasteiger charge is 2.20. The molecule has 0 radical (unpaired) electrons. The van der Waals surface area contributed by atoms with Crippen molar-refractivity contribution in [3.63, 3.8) is 0 Å². The van der Waals surface area contributed by atoms with Crippen LogP contribution in [0.4, 0.5) is 5.69 Å². The molecule has 0 aliphatic rings. The Kier molecular flexibility index (Phi) is 4.20. The van der Waals surface area contributed by atoms with E-state index in [0.717, 1.165) is 6.42 Å². The Balaban J connectivity index is 3.18. The average Bonchev–Trinajstić information content (AvgIpc) is 2.29. The van der Waals surface area contributed by atoms with Crippen molar-refractivity contribution in [1.82, 2.24) is 0 Å². The third kappa shape index (κ3) is 3.46. The molecule has 0 spiro atoms. The average molecular weight is 255 g/mol. The van der Waals surface area contributed by atoms with Gasteiger partial charge in [0.1, 0.15) is 0 Å².